The third-order valence-corrected chi connectivity index (χ3v) is 4.00. The number of methoxy groups -OCH3 is 1. The van der Waals surface area contributed by atoms with Crippen molar-refractivity contribution in [2.75, 3.05) is 37.4 Å². The van der Waals surface area contributed by atoms with Crippen molar-refractivity contribution in [1.29, 1.82) is 0 Å². The summed E-state index contributed by atoms with van der Waals surface area (Å²) in [7, 11) is 1.58. The minimum atomic E-state index is -0.212. The van der Waals surface area contributed by atoms with Gasteiger partial charge in [0.2, 0.25) is 0 Å². The SMILES string of the molecule is COc1cccc(OCC(=O)NCCNc2ccc(Nc3cc(C)ccn3)nn2)c1. The van der Waals surface area contributed by atoms with E-state index in [2.05, 4.69) is 31.1 Å². The third kappa shape index (κ3) is 6.62. The molecule has 2 aromatic heterocycles. The minimum absolute atomic E-state index is 0.0691. The lowest BCUT2D eigenvalue weighted by Crippen LogP contribution is -2.32. The lowest BCUT2D eigenvalue weighted by molar-refractivity contribution is -0.123. The van der Waals surface area contributed by atoms with Crippen molar-refractivity contribution in [3.63, 3.8) is 0 Å². The van der Waals surface area contributed by atoms with Gasteiger partial charge in [0.25, 0.3) is 5.91 Å². The Bertz CT molecular complexity index is 965. The van der Waals surface area contributed by atoms with Gasteiger partial charge >= 0.3 is 0 Å². The van der Waals surface area contributed by atoms with E-state index in [1.165, 1.54) is 0 Å². The predicted octanol–water partition coefficient (Wildman–Crippen LogP) is 2.54. The highest BCUT2D eigenvalue weighted by Gasteiger charge is 2.04. The molecule has 0 fully saturated rings. The first kappa shape index (κ1) is 20.8. The van der Waals surface area contributed by atoms with Crippen LogP contribution in [-0.4, -0.2) is 47.9 Å². The summed E-state index contributed by atoms with van der Waals surface area (Å²) in [5.74, 6) is 2.96. The van der Waals surface area contributed by atoms with Gasteiger partial charge in [-0.2, -0.15) is 0 Å². The fraction of sp³-hybridized carbons (Fsp3) is 0.238. The Labute approximate surface area is 174 Å². The van der Waals surface area contributed by atoms with Crippen LogP contribution in [0.5, 0.6) is 11.5 Å². The molecule has 3 N–H and O–H groups in total. The summed E-state index contributed by atoms with van der Waals surface area (Å²) in [6, 6.07) is 14.6. The summed E-state index contributed by atoms with van der Waals surface area (Å²) in [6.07, 6.45) is 1.73. The van der Waals surface area contributed by atoms with Crippen molar-refractivity contribution in [1.82, 2.24) is 20.5 Å². The Kier molecular flexibility index (Phi) is 7.37. The molecule has 1 aromatic carbocycles. The van der Waals surface area contributed by atoms with Crippen LogP contribution >= 0.6 is 0 Å². The number of aromatic nitrogens is 3. The Morgan fingerprint density at radius 1 is 0.967 bits per heavy atom. The van der Waals surface area contributed by atoms with E-state index in [1.54, 1.807) is 43.6 Å². The van der Waals surface area contributed by atoms with E-state index in [4.69, 9.17) is 9.47 Å². The van der Waals surface area contributed by atoms with Crippen LogP contribution in [-0.2, 0) is 4.79 Å². The first-order valence-electron chi connectivity index (χ1n) is 9.43. The molecule has 156 valence electrons. The number of benzene rings is 1. The number of anilines is 3. The topological polar surface area (TPSA) is 110 Å². The maximum Gasteiger partial charge on any atom is 0.258 e. The van der Waals surface area contributed by atoms with Gasteiger partial charge in [-0.1, -0.05) is 6.07 Å². The number of aryl methyl sites for hydroxylation is 1. The van der Waals surface area contributed by atoms with Gasteiger partial charge in [0.15, 0.2) is 12.4 Å². The lowest BCUT2D eigenvalue weighted by Gasteiger charge is -2.09. The Morgan fingerprint density at radius 2 is 1.77 bits per heavy atom. The van der Waals surface area contributed by atoms with E-state index in [-0.39, 0.29) is 12.5 Å². The highest BCUT2D eigenvalue weighted by atomic mass is 16.5. The fourth-order valence-corrected chi connectivity index (χ4v) is 2.51. The van der Waals surface area contributed by atoms with Crippen LogP contribution in [0.25, 0.3) is 0 Å². The van der Waals surface area contributed by atoms with Crippen LogP contribution in [0.1, 0.15) is 5.56 Å². The average Bonchev–Trinajstić information content (AvgIpc) is 2.76. The van der Waals surface area contributed by atoms with E-state index in [0.717, 1.165) is 5.56 Å². The number of carbonyl (C=O) groups is 1. The number of nitrogens with one attached hydrogen (secondary N) is 3. The van der Waals surface area contributed by atoms with E-state index in [0.29, 0.717) is 42.0 Å². The van der Waals surface area contributed by atoms with Crippen molar-refractivity contribution in [2.24, 2.45) is 0 Å². The summed E-state index contributed by atoms with van der Waals surface area (Å²) in [4.78, 5) is 16.1. The van der Waals surface area contributed by atoms with Gasteiger partial charge in [0.1, 0.15) is 23.1 Å². The van der Waals surface area contributed by atoms with Gasteiger partial charge in [-0.15, -0.1) is 10.2 Å². The summed E-state index contributed by atoms with van der Waals surface area (Å²) in [5.41, 5.74) is 1.11. The minimum Gasteiger partial charge on any atom is -0.497 e. The maximum atomic E-state index is 11.9. The zero-order chi connectivity index (χ0) is 21.2. The monoisotopic (exact) mass is 408 g/mol. The van der Waals surface area contributed by atoms with Gasteiger partial charge in [0.05, 0.1) is 7.11 Å². The van der Waals surface area contributed by atoms with Crippen LogP contribution in [0.4, 0.5) is 17.5 Å². The molecule has 9 heteroatoms. The quantitative estimate of drug-likeness (QED) is 0.439. The lowest BCUT2D eigenvalue weighted by atomic mass is 10.3. The molecule has 0 radical (unpaired) electrons. The number of hydrogen-bond donors (Lipinski definition) is 3. The first-order valence-corrected chi connectivity index (χ1v) is 9.43. The molecule has 3 aromatic rings. The molecule has 0 aliphatic carbocycles. The number of rotatable bonds is 10. The van der Waals surface area contributed by atoms with Gasteiger partial charge in [-0.25, -0.2) is 4.98 Å². The van der Waals surface area contributed by atoms with E-state index in [9.17, 15) is 4.79 Å². The highest BCUT2D eigenvalue weighted by Crippen LogP contribution is 2.18. The number of carbonyl (C=O) groups excluding carboxylic acids is 1. The molecule has 0 bridgehead atoms. The molecule has 0 saturated heterocycles. The maximum absolute atomic E-state index is 11.9. The standard InChI is InChI=1S/C21H24N6O3/c1-15-8-9-22-20(12-15)25-19-7-6-18(26-27-19)23-10-11-24-21(28)14-30-17-5-3-4-16(13-17)29-2/h3-9,12-13H,10-11,14H2,1-2H3,(H,23,26)(H,24,28)(H,22,25,27). The smallest absolute Gasteiger partial charge is 0.258 e. The predicted molar refractivity (Wildman–Crippen MR) is 114 cm³/mol. The van der Waals surface area contributed by atoms with E-state index < -0.39 is 0 Å². The summed E-state index contributed by atoms with van der Waals surface area (Å²) in [6.45, 7) is 2.86. The van der Waals surface area contributed by atoms with Crippen molar-refractivity contribution < 1.29 is 14.3 Å². The largest absolute Gasteiger partial charge is 0.497 e. The molecule has 2 heterocycles. The molecule has 0 saturated carbocycles. The normalized spacial score (nSPS) is 10.2. The molecule has 0 aliphatic rings. The molecule has 0 unspecified atom stereocenters. The van der Waals surface area contributed by atoms with Crippen molar-refractivity contribution >= 4 is 23.4 Å². The highest BCUT2D eigenvalue weighted by molar-refractivity contribution is 5.77. The molecule has 1 amide bonds. The van der Waals surface area contributed by atoms with Crippen LogP contribution < -0.4 is 25.4 Å². The summed E-state index contributed by atoms with van der Waals surface area (Å²) in [5, 5.41) is 17.2. The molecule has 3 rings (SSSR count). The van der Waals surface area contributed by atoms with Crippen LogP contribution in [0.15, 0.2) is 54.7 Å². The average molecular weight is 408 g/mol. The van der Waals surface area contributed by atoms with E-state index in [1.807, 2.05) is 25.1 Å². The molecule has 0 spiro atoms. The van der Waals surface area contributed by atoms with Crippen molar-refractivity contribution in [3.8, 4) is 11.5 Å². The zero-order valence-corrected chi connectivity index (χ0v) is 16.9. The Morgan fingerprint density at radius 3 is 2.53 bits per heavy atom. The number of nitrogens with zero attached hydrogens (tertiary/aromatic N) is 3. The van der Waals surface area contributed by atoms with E-state index >= 15 is 0 Å². The summed E-state index contributed by atoms with van der Waals surface area (Å²) >= 11 is 0. The van der Waals surface area contributed by atoms with Gasteiger partial charge in [-0.3, -0.25) is 4.79 Å². The Balaban J connectivity index is 1.35. The number of pyridine rings is 1. The molecular weight excluding hydrogens is 384 g/mol. The van der Waals surface area contributed by atoms with Gasteiger partial charge in [-0.05, 0) is 48.9 Å². The number of ether oxygens (including phenoxy) is 2. The number of amides is 1. The zero-order valence-electron chi connectivity index (χ0n) is 16.9. The van der Waals surface area contributed by atoms with Gasteiger partial charge < -0.3 is 25.4 Å². The molecule has 30 heavy (non-hydrogen) atoms. The molecule has 9 nitrogen and oxygen atoms in total. The van der Waals surface area contributed by atoms with Crippen LogP contribution in [0.2, 0.25) is 0 Å². The van der Waals surface area contributed by atoms with Crippen molar-refractivity contribution in [3.05, 3.63) is 60.3 Å². The summed E-state index contributed by atoms with van der Waals surface area (Å²) < 4.78 is 10.6. The molecule has 0 atom stereocenters. The van der Waals surface area contributed by atoms with Crippen LogP contribution in [0, 0.1) is 6.92 Å². The second-order valence-electron chi connectivity index (χ2n) is 6.39. The third-order valence-electron chi connectivity index (χ3n) is 4.00. The number of hydrogen-bond acceptors (Lipinski definition) is 8. The van der Waals surface area contributed by atoms with Crippen LogP contribution in [0.3, 0.4) is 0 Å². The molecular formula is C21H24N6O3. The Hall–Kier alpha value is -3.88. The van der Waals surface area contributed by atoms with Crippen molar-refractivity contribution in [2.45, 2.75) is 6.92 Å². The second-order valence-corrected chi connectivity index (χ2v) is 6.39. The molecule has 0 aliphatic heterocycles. The fourth-order valence-electron chi connectivity index (χ4n) is 2.51. The second kappa shape index (κ2) is 10.6. The first-order chi connectivity index (χ1) is 14.6. The van der Waals surface area contributed by atoms with Gasteiger partial charge in [0, 0.05) is 25.4 Å².